The number of methoxy groups -OCH3 is 1. The summed E-state index contributed by atoms with van der Waals surface area (Å²) in [6, 6.07) is 12.9. The molecule has 3 rings (SSSR count). The van der Waals surface area contributed by atoms with Crippen LogP contribution in [0.15, 0.2) is 55.1 Å². The number of benzene rings is 2. The summed E-state index contributed by atoms with van der Waals surface area (Å²) in [6.07, 6.45) is 2.27. The molecule has 26 heavy (non-hydrogen) atoms. The van der Waals surface area contributed by atoms with Crippen LogP contribution in [0.1, 0.15) is 16.2 Å². The standard InChI is InChI=1S/C20H21N3O3/c1-3-12-26-17-9-8-14(13-18(17)25-2)20(24)21-11-10-19-22-15-6-4-5-7-16(15)23-19/h3-9,13H,1,10-12H2,2H3,(H,21,24)(H,22,23). The fraction of sp³-hybridized carbons (Fsp3) is 0.200. The summed E-state index contributed by atoms with van der Waals surface area (Å²) < 4.78 is 10.8. The zero-order valence-corrected chi connectivity index (χ0v) is 14.6. The molecular weight excluding hydrogens is 330 g/mol. The molecule has 0 saturated heterocycles. The number of carbonyl (C=O) groups excluding carboxylic acids is 1. The highest BCUT2D eigenvalue weighted by molar-refractivity contribution is 5.94. The summed E-state index contributed by atoms with van der Waals surface area (Å²) in [5, 5.41) is 2.89. The van der Waals surface area contributed by atoms with Crippen molar-refractivity contribution in [3.8, 4) is 11.5 Å². The van der Waals surface area contributed by atoms with Crippen molar-refractivity contribution >= 4 is 16.9 Å². The van der Waals surface area contributed by atoms with Crippen LogP contribution in [0.5, 0.6) is 11.5 Å². The van der Waals surface area contributed by atoms with Crippen LogP contribution in [0.2, 0.25) is 0 Å². The van der Waals surface area contributed by atoms with Crippen LogP contribution in [0, 0.1) is 0 Å². The monoisotopic (exact) mass is 351 g/mol. The fourth-order valence-electron chi connectivity index (χ4n) is 2.60. The molecule has 1 aromatic heterocycles. The number of amides is 1. The fourth-order valence-corrected chi connectivity index (χ4v) is 2.60. The Morgan fingerprint density at radius 3 is 2.88 bits per heavy atom. The number of rotatable bonds is 8. The molecule has 3 aromatic rings. The topological polar surface area (TPSA) is 76.2 Å². The van der Waals surface area contributed by atoms with E-state index in [1.807, 2.05) is 24.3 Å². The van der Waals surface area contributed by atoms with Gasteiger partial charge in [-0.1, -0.05) is 24.8 Å². The molecule has 2 aromatic carbocycles. The lowest BCUT2D eigenvalue weighted by atomic mass is 10.2. The molecule has 2 N–H and O–H groups in total. The van der Waals surface area contributed by atoms with Crippen molar-refractivity contribution in [1.29, 1.82) is 0 Å². The summed E-state index contributed by atoms with van der Waals surface area (Å²) in [6.45, 7) is 4.47. The van der Waals surface area contributed by atoms with Crippen molar-refractivity contribution < 1.29 is 14.3 Å². The van der Waals surface area contributed by atoms with E-state index in [2.05, 4.69) is 21.9 Å². The van der Waals surface area contributed by atoms with Gasteiger partial charge in [-0.2, -0.15) is 0 Å². The summed E-state index contributed by atoms with van der Waals surface area (Å²) in [7, 11) is 1.54. The summed E-state index contributed by atoms with van der Waals surface area (Å²) in [5.41, 5.74) is 2.43. The first-order valence-electron chi connectivity index (χ1n) is 8.35. The highest BCUT2D eigenvalue weighted by Gasteiger charge is 2.11. The number of para-hydroxylation sites is 2. The smallest absolute Gasteiger partial charge is 0.251 e. The largest absolute Gasteiger partial charge is 0.493 e. The van der Waals surface area contributed by atoms with Gasteiger partial charge in [0.05, 0.1) is 18.1 Å². The molecule has 0 fully saturated rings. The second-order valence-corrected chi connectivity index (χ2v) is 5.67. The zero-order chi connectivity index (χ0) is 18.4. The van der Waals surface area contributed by atoms with Gasteiger partial charge < -0.3 is 19.8 Å². The molecule has 0 unspecified atom stereocenters. The van der Waals surface area contributed by atoms with Gasteiger partial charge in [-0.15, -0.1) is 0 Å². The minimum absolute atomic E-state index is 0.172. The summed E-state index contributed by atoms with van der Waals surface area (Å²) in [4.78, 5) is 20.1. The maximum atomic E-state index is 12.3. The first kappa shape index (κ1) is 17.5. The number of fused-ring (bicyclic) bond motifs is 1. The summed E-state index contributed by atoms with van der Waals surface area (Å²) >= 11 is 0. The Kier molecular flexibility index (Phi) is 5.53. The van der Waals surface area contributed by atoms with E-state index >= 15 is 0 Å². The van der Waals surface area contributed by atoms with Crippen LogP contribution < -0.4 is 14.8 Å². The molecule has 0 aliphatic rings. The van der Waals surface area contributed by atoms with Gasteiger partial charge in [0, 0.05) is 18.5 Å². The van der Waals surface area contributed by atoms with Gasteiger partial charge in [-0.05, 0) is 30.3 Å². The molecule has 0 aliphatic heterocycles. The van der Waals surface area contributed by atoms with E-state index in [-0.39, 0.29) is 5.91 Å². The van der Waals surface area contributed by atoms with Gasteiger partial charge in [0.2, 0.25) is 0 Å². The van der Waals surface area contributed by atoms with Crippen molar-refractivity contribution in [2.45, 2.75) is 6.42 Å². The van der Waals surface area contributed by atoms with Crippen LogP contribution in [0.3, 0.4) is 0 Å². The third-order valence-electron chi connectivity index (χ3n) is 3.87. The quantitative estimate of drug-likeness (QED) is 0.612. The number of nitrogens with one attached hydrogen (secondary N) is 2. The SMILES string of the molecule is C=CCOc1ccc(C(=O)NCCc2nc3ccccc3[nH]2)cc1OC. The molecule has 6 heteroatoms. The van der Waals surface area contributed by atoms with Crippen molar-refractivity contribution in [3.05, 3.63) is 66.5 Å². The molecule has 0 radical (unpaired) electrons. The Morgan fingerprint density at radius 1 is 1.27 bits per heavy atom. The van der Waals surface area contributed by atoms with Crippen molar-refractivity contribution in [2.75, 3.05) is 20.3 Å². The van der Waals surface area contributed by atoms with E-state index in [1.165, 1.54) is 0 Å². The van der Waals surface area contributed by atoms with Gasteiger partial charge in [0.25, 0.3) is 5.91 Å². The molecule has 0 saturated carbocycles. The number of aromatic amines is 1. The van der Waals surface area contributed by atoms with E-state index in [0.29, 0.717) is 36.6 Å². The number of hydrogen-bond acceptors (Lipinski definition) is 4. The number of ether oxygens (including phenoxy) is 2. The zero-order valence-electron chi connectivity index (χ0n) is 14.6. The van der Waals surface area contributed by atoms with Crippen molar-refractivity contribution in [1.82, 2.24) is 15.3 Å². The first-order chi connectivity index (χ1) is 12.7. The molecule has 0 spiro atoms. The Bertz CT molecular complexity index is 885. The van der Waals surface area contributed by atoms with E-state index < -0.39 is 0 Å². The van der Waals surface area contributed by atoms with E-state index in [0.717, 1.165) is 16.9 Å². The molecule has 0 aliphatic carbocycles. The Labute approximate surface area is 151 Å². The lowest BCUT2D eigenvalue weighted by Crippen LogP contribution is -2.26. The van der Waals surface area contributed by atoms with Gasteiger partial charge in [-0.25, -0.2) is 4.98 Å². The minimum atomic E-state index is -0.172. The number of hydrogen-bond donors (Lipinski definition) is 2. The third kappa shape index (κ3) is 4.03. The van der Waals surface area contributed by atoms with Crippen molar-refractivity contribution in [2.24, 2.45) is 0 Å². The first-order valence-corrected chi connectivity index (χ1v) is 8.35. The van der Waals surface area contributed by atoms with E-state index in [1.54, 1.807) is 31.4 Å². The number of carbonyl (C=O) groups is 1. The minimum Gasteiger partial charge on any atom is -0.493 e. The maximum Gasteiger partial charge on any atom is 0.251 e. The Hall–Kier alpha value is -3.28. The van der Waals surface area contributed by atoms with E-state index in [4.69, 9.17) is 9.47 Å². The number of aromatic nitrogens is 2. The van der Waals surface area contributed by atoms with Crippen LogP contribution >= 0.6 is 0 Å². The van der Waals surface area contributed by atoms with Crippen LogP contribution in [-0.4, -0.2) is 36.1 Å². The van der Waals surface area contributed by atoms with Gasteiger partial charge in [-0.3, -0.25) is 4.79 Å². The number of H-pyrrole nitrogens is 1. The molecule has 1 amide bonds. The molecule has 1 heterocycles. The van der Waals surface area contributed by atoms with Crippen LogP contribution in [0.25, 0.3) is 11.0 Å². The second kappa shape index (κ2) is 8.20. The summed E-state index contributed by atoms with van der Waals surface area (Å²) in [5.74, 6) is 1.76. The number of imidazole rings is 1. The normalized spacial score (nSPS) is 10.5. The predicted molar refractivity (Wildman–Crippen MR) is 101 cm³/mol. The maximum absolute atomic E-state index is 12.3. The second-order valence-electron chi connectivity index (χ2n) is 5.67. The molecule has 134 valence electrons. The average Bonchev–Trinajstić information content (AvgIpc) is 3.08. The lowest BCUT2D eigenvalue weighted by Gasteiger charge is -2.11. The number of nitrogens with zero attached hydrogens (tertiary/aromatic N) is 1. The highest BCUT2D eigenvalue weighted by Crippen LogP contribution is 2.28. The van der Waals surface area contributed by atoms with Gasteiger partial charge >= 0.3 is 0 Å². The average molecular weight is 351 g/mol. The van der Waals surface area contributed by atoms with Gasteiger partial charge in [0.15, 0.2) is 11.5 Å². The molecule has 0 atom stereocenters. The third-order valence-corrected chi connectivity index (χ3v) is 3.87. The molecular formula is C20H21N3O3. The van der Waals surface area contributed by atoms with Crippen LogP contribution in [-0.2, 0) is 6.42 Å². The Balaban J connectivity index is 1.59. The molecule has 6 nitrogen and oxygen atoms in total. The van der Waals surface area contributed by atoms with E-state index in [9.17, 15) is 4.79 Å². The van der Waals surface area contributed by atoms with Crippen molar-refractivity contribution in [3.63, 3.8) is 0 Å². The van der Waals surface area contributed by atoms with Gasteiger partial charge in [0.1, 0.15) is 12.4 Å². The van der Waals surface area contributed by atoms with Crippen LogP contribution in [0.4, 0.5) is 0 Å². The predicted octanol–water partition coefficient (Wildman–Crippen LogP) is 3.11. The highest BCUT2D eigenvalue weighted by atomic mass is 16.5. The lowest BCUT2D eigenvalue weighted by molar-refractivity contribution is 0.0953. The molecule has 0 bridgehead atoms. The Morgan fingerprint density at radius 2 is 2.12 bits per heavy atom.